The summed E-state index contributed by atoms with van der Waals surface area (Å²) in [4.78, 5) is 31.2. The first-order valence-electron chi connectivity index (χ1n) is 7.82. The molecule has 0 aromatic heterocycles. The SMILES string of the molecule is COC(=O)c1ccc(N2CCN(OC(=O)C(C)(C)C)CC2)c(I)c1. The second-order valence-corrected chi connectivity index (χ2v) is 7.86. The number of nitrogens with zero attached hydrogens (tertiary/aromatic N) is 2. The maximum atomic E-state index is 11.9. The monoisotopic (exact) mass is 446 g/mol. The Hall–Kier alpha value is -1.35. The minimum atomic E-state index is -0.504. The maximum Gasteiger partial charge on any atom is 0.337 e. The van der Waals surface area contributed by atoms with Gasteiger partial charge in [-0.05, 0) is 61.6 Å². The molecular weight excluding hydrogens is 423 g/mol. The number of hydrogen-bond acceptors (Lipinski definition) is 6. The second kappa shape index (κ2) is 7.69. The zero-order chi connectivity index (χ0) is 17.9. The normalized spacial score (nSPS) is 16.0. The van der Waals surface area contributed by atoms with E-state index in [0.717, 1.165) is 22.3 Å². The van der Waals surface area contributed by atoms with E-state index < -0.39 is 5.41 Å². The van der Waals surface area contributed by atoms with Gasteiger partial charge >= 0.3 is 11.9 Å². The molecule has 1 saturated heterocycles. The molecule has 0 radical (unpaired) electrons. The standard InChI is InChI=1S/C17H23IN2O4/c1-17(2,3)16(22)24-20-9-7-19(8-10-20)14-6-5-12(11-13(14)18)15(21)23-4/h5-6,11H,7-10H2,1-4H3. The Morgan fingerprint density at radius 2 is 1.75 bits per heavy atom. The van der Waals surface area contributed by atoms with Crippen LogP contribution >= 0.6 is 22.6 Å². The third-order valence-electron chi connectivity index (χ3n) is 3.77. The molecular formula is C17H23IN2O4. The summed E-state index contributed by atoms with van der Waals surface area (Å²) in [6.07, 6.45) is 0. The molecule has 0 spiro atoms. The van der Waals surface area contributed by atoms with Crippen LogP contribution in [0.1, 0.15) is 31.1 Å². The van der Waals surface area contributed by atoms with Gasteiger partial charge in [-0.2, -0.15) is 0 Å². The fourth-order valence-electron chi connectivity index (χ4n) is 2.28. The number of halogens is 1. The minimum absolute atomic E-state index is 0.215. The summed E-state index contributed by atoms with van der Waals surface area (Å²) in [6, 6.07) is 5.54. The van der Waals surface area contributed by atoms with Crippen molar-refractivity contribution in [3.8, 4) is 0 Å². The van der Waals surface area contributed by atoms with Gasteiger partial charge in [0.25, 0.3) is 0 Å². The van der Waals surface area contributed by atoms with E-state index in [4.69, 9.17) is 9.57 Å². The molecule has 2 rings (SSSR count). The number of carbonyl (C=O) groups excluding carboxylic acids is 2. The molecule has 1 aliphatic heterocycles. The van der Waals surface area contributed by atoms with Gasteiger partial charge in [0, 0.05) is 16.7 Å². The van der Waals surface area contributed by atoms with Crippen LogP contribution < -0.4 is 4.90 Å². The molecule has 0 amide bonds. The predicted octanol–water partition coefficient (Wildman–Crippen LogP) is 2.70. The lowest BCUT2D eigenvalue weighted by molar-refractivity contribution is -0.201. The van der Waals surface area contributed by atoms with Crippen molar-refractivity contribution in [2.45, 2.75) is 20.8 Å². The van der Waals surface area contributed by atoms with Gasteiger partial charge in [-0.1, -0.05) is 0 Å². The van der Waals surface area contributed by atoms with Crippen LogP contribution in [0.2, 0.25) is 0 Å². The summed E-state index contributed by atoms with van der Waals surface area (Å²) in [5.41, 5.74) is 1.12. The summed E-state index contributed by atoms with van der Waals surface area (Å²) < 4.78 is 5.74. The quantitative estimate of drug-likeness (QED) is 0.526. The van der Waals surface area contributed by atoms with Crippen molar-refractivity contribution in [3.05, 3.63) is 27.3 Å². The van der Waals surface area contributed by atoms with Crippen LogP contribution in [-0.2, 0) is 14.4 Å². The first-order chi connectivity index (χ1) is 11.2. The van der Waals surface area contributed by atoms with Crippen molar-refractivity contribution in [1.29, 1.82) is 0 Å². The van der Waals surface area contributed by atoms with E-state index in [9.17, 15) is 9.59 Å². The fourth-order valence-corrected chi connectivity index (χ4v) is 3.14. The highest BCUT2D eigenvalue weighted by Crippen LogP contribution is 2.26. The molecule has 0 atom stereocenters. The Labute approximate surface area is 156 Å². The number of carbonyl (C=O) groups is 2. The third kappa shape index (κ3) is 4.60. The molecule has 0 saturated carbocycles. The Bertz CT molecular complexity index is 620. The number of rotatable bonds is 3. The highest BCUT2D eigenvalue weighted by atomic mass is 127. The van der Waals surface area contributed by atoms with E-state index in [1.165, 1.54) is 7.11 Å². The molecule has 1 heterocycles. The van der Waals surface area contributed by atoms with Gasteiger partial charge in [-0.25, -0.2) is 9.59 Å². The number of hydrogen-bond donors (Lipinski definition) is 0. The number of hydroxylamine groups is 2. The van der Waals surface area contributed by atoms with Crippen LogP contribution in [0.5, 0.6) is 0 Å². The molecule has 1 fully saturated rings. The Morgan fingerprint density at radius 1 is 1.12 bits per heavy atom. The second-order valence-electron chi connectivity index (χ2n) is 6.70. The van der Waals surface area contributed by atoms with E-state index in [1.54, 1.807) is 11.1 Å². The van der Waals surface area contributed by atoms with E-state index >= 15 is 0 Å². The lowest BCUT2D eigenvalue weighted by atomic mass is 9.98. The van der Waals surface area contributed by atoms with Crippen molar-refractivity contribution in [3.63, 3.8) is 0 Å². The lowest BCUT2D eigenvalue weighted by Crippen LogP contribution is -2.48. The number of methoxy groups -OCH3 is 1. The van der Waals surface area contributed by atoms with E-state index in [0.29, 0.717) is 18.7 Å². The lowest BCUT2D eigenvalue weighted by Gasteiger charge is -2.36. The molecule has 1 aromatic carbocycles. The number of esters is 1. The zero-order valence-corrected chi connectivity index (χ0v) is 16.6. The van der Waals surface area contributed by atoms with E-state index in [2.05, 4.69) is 27.5 Å². The highest BCUT2D eigenvalue weighted by molar-refractivity contribution is 14.1. The largest absolute Gasteiger partial charge is 0.465 e. The Kier molecular flexibility index (Phi) is 6.08. The van der Waals surface area contributed by atoms with E-state index in [-0.39, 0.29) is 11.9 Å². The van der Waals surface area contributed by atoms with Crippen LogP contribution in [0.25, 0.3) is 0 Å². The van der Waals surface area contributed by atoms with Gasteiger partial charge < -0.3 is 14.5 Å². The molecule has 132 valence electrons. The van der Waals surface area contributed by atoms with Crippen LogP contribution in [0.4, 0.5) is 5.69 Å². The fraction of sp³-hybridized carbons (Fsp3) is 0.529. The van der Waals surface area contributed by atoms with Crippen LogP contribution in [0.15, 0.2) is 18.2 Å². The van der Waals surface area contributed by atoms with Crippen LogP contribution in [0.3, 0.4) is 0 Å². The molecule has 0 N–H and O–H groups in total. The van der Waals surface area contributed by atoms with Crippen molar-refractivity contribution in [1.82, 2.24) is 5.06 Å². The van der Waals surface area contributed by atoms with Crippen molar-refractivity contribution in [2.24, 2.45) is 5.41 Å². The molecule has 7 heteroatoms. The van der Waals surface area contributed by atoms with Gasteiger partial charge in [0.1, 0.15) is 0 Å². The maximum absolute atomic E-state index is 11.9. The summed E-state index contributed by atoms with van der Waals surface area (Å²) in [5.74, 6) is -0.550. The molecule has 6 nitrogen and oxygen atoms in total. The molecule has 0 aliphatic carbocycles. The van der Waals surface area contributed by atoms with Gasteiger partial charge in [-0.15, -0.1) is 5.06 Å². The van der Waals surface area contributed by atoms with Crippen molar-refractivity contribution < 1.29 is 19.2 Å². The first-order valence-corrected chi connectivity index (χ1v) is 8.90. The topological polar surface area (TPSA) is 59.1 Å². The summed E-state index contributed by atoms with van der Waals surface area (Å²) in [5, 5.41) is 1.72. The molecule has 24 heavy (non-hydrogen) atoms. The highest BCUT2D eigenvalue weighted by Gasteiger charge is 2.28. The van der Waals surface area contributed by atoms with Crippen molar-refractivity contribution in [2.75, 3.05) is 38.2 Å². The summed E-state index contributed by atoms with van der Waals surface area (Å²) >= 11 is 2.23. The summed E-state index contributed by atoms with van der Waals surface area (Å²) in [7, 11) is 1.38. The average molecular weight is 446 g/mol. The third-order valence-corrected chi connectivity index (χ3v) is 4.64. The number of benzene rings is 1. The van der Waals surface area contributed by atoms with Gasteiger partial charge in [0.2, 0.25) is 0 Å². The van der Waals surface area contributed by atoms with E-state index in [1.807, 2.05) is 32.9 Å². The molecule has 1 aliphatic rings. The van der Waals surface area contributed by atoms with Gasteiger partial charge in [0.15, 0.2) is 0 Å². The smallest absolute Gasteiger partial charge is 0.337 e. The van der Waals surface area contributed by atoms with Gasteiger partial charge in [0.05, 0.1) is 36.9 Å². The first kappa shape index (κ1) is 19.0. The number of anilines is 1. The molecule has 0 bridgehead atoms. The van der Waals surface area contributed by atoms with Crippen LogP contribution in [-0.4, -0.2) is 50.3 Å². The number of piperazine rings is 1. The van der Waals surface area contributed by atoms with Gasteiger partial charge in [-0.3, -0.25) is 0 Å². The number of ether oxygens (including phenoxy) is 1. The minimum Gasteiger partial charge on any atom is -0.465 e. The van der Waals surface area contributed by atoms with Crippen molar-refractivity contribution >= 4 is 40.2 Å². The average Bonchev–Trinajstić information content (AvgIpc) is 2.54. The Balaban J connectivity index is 1.97. The molecule has 0 unspecified atom stereocenters. The predicted molar refractivity (Wildman–Crippen MR) is 99.8 cm³/mol. The van der Waals surface area contributed by atoms with Crippen LogP contribution in [0, 0.1) is 8.99 Å². The summed E-state index contributed by atoms with van der Waals surface area (Å²) in [6.45, 7) is 8.34. The zero-order valence-electron chi connectivity index (χ0n) is 14.5. The Morgan fingerprint density at radius 3 is 2.25 bits per heavy atom. The molecule has 1 aromatic rings.